The highest BCUT2D eigenvalue weighted by Crippen LogP contribution is 2.05. The van der Waals surface area contributed by atoms with E-state index in [0.29, 0.717) is 0 Å². The summed E-state index contributed by atoms with van der Waals surface area (Å²) in [5.41, 5.74) is 0. The molecule has 0 radical (unpaired) electrons. The number of aryl methyl sites for hydroxylation is 2. The Labute approximate surface area is 99.7 Å². The lowest BCUT2D eigenvalue weighted by molar-refractivity contribution is -0.671. The second kappa shape index (κ2) is 8.78. The standard InChI is InChI=1S/C12H23N2.ClH2/c1-3-4-5-6-7-8-9-14-11-10-13(2)12-14;/h10-12H,3-9H2,1-2H3;1H2/q2*+1. The van der Waals surface area contributed by atoms with Gasteiger partial charge in [0.25, 0.3) is 0 Å². The molecule has 0 atom stereocenters. The topological polar surface area (TPSA) is 8.81 Å². The molecule has 0 saturated heterocycles. The van der Waals surface area contributed by atoms with Gasteiger partial charge in [0.1, 0.15) is 12.4 Å². The van der Waals surface area contributed by atoms with Crippen molar-refractivity contribution in [3.63, 3.8) is 0 Å². The number of halogens is 1. The van der Waals surface area contributed by atoms with Gasteiger partial charge in [0.05, 0.1) is 26.0 Å². The molecule has 1 heterocycles. The molecule has 0 saturated carbocycles. The van der Waals surface area contributed by atoms with Crippen LogP contribution in [0.4, 0.5) is 0 Å². The number of aromatic nitrogens is 2. The van der Waals surface area contributed by atoms with E-state index < -0.39 is 0 Å². The average molecular weight is 233 g/mol. The van der Waals surface area contributed by atoms with Gasteiger partial charge in [-0.15, -0.1) is 0 Å². The molecule has 0 unspecified atom stereocenters. The molecule has 2 nitrogen and oxygen atoms in total. The van der Waals surface area contributed by atoms with Crippen molar-refractivity contribution >= 4 is 0 Å². The number of rotatable bonds is 7. The third-order valence-corrected chi connectivity index (χ3v) is 2.59. The Bertz CT molecular complexity index is 246. The monoisotopic (exact) mass is 232 g/mol. The van der Waals surface area contributed by atoms with Crippen molar-refractivity contribution in [3.05, 3.63) is 18.7 Å². The molecule has 0 bridgehead atoms. The van der Waals surface area contributed by atoms with Crippen LogP contribution in [0.1, 0.15) is 45.4 Å². The Morgan fingerprint density at radius 2 is 1.73 bits per heavy atom. The van der Waals surface area contributed by atoms with Gasteiger partial charge in [-0.3, -0.25) is 0 Å². The molecule has 15 heavy (non-hydrogen) atoms. The van der Waals surface area contributed by atoms with Crippen LogP contribution >= 0.6 is 0 Å². The minimum Gasteiger partial charge on any atom is -0.240 e. The lowest BCUT2D eigenvalue weighted by Gasteiger charge is -1.98. The van der Waals surface area contributed by atoms with Crippen LogP contribution in [-0.2, 0) is 13.6 Å². The second-order valence-corrected chi connectivity index (χ2v) is 4.08. The minimum absolute atomic E-state index is 0. The highest BCUT2D eigenvalue weighted by molar-refractivity contribution is 4.65. The van der Waals surface area contributed by atoms with Gasteiger partial charge in [-0.2, -0.15) is 0 Å². The first-order valence-corrected chi connectivity index (χ1v) is 5.84. The molecular weight excluding hydrogens is 208 g/mol. The van der Waals surface area contributed by atoms with Gasteiger partial charge >= 0.3 is 0 Å². The molecular formula is C12H25ClN2+2. The summed E-state index contributed by atoms with van der Waals surface area (Å²) in [5, 5.41) is 0. The van der Waals surface area contributed by atoms with E-state index in [0.717, 1.165) is 0 Å². The zero-order chi connectivity index (χ0) is 10.2. The normalized spacial score (nSPS) is 10.0. The predicted molar refractivity (Wildman–Crippen MR) is 61.8 cm³/mol. The average Bonchev–Trinajstić information content (AvgIpc) is 2.58. The van der Waals surface area contributed by atoms with Crippen LogP contribution < -0.4 is 4.57 Å². The Kier molecular flexibility index (Phi) is 8.49. The molecule has 0 aromatic carbocycles. The quantitative estimate of drug-likeness (QED) is 0.503. The van der Waals surface area contributed by atoms with Crippen molar-refractivity contribution in [1.29, 1.82) is 0 Å². The maximum absolute atomic E-state index is 2.26. The van der Waals surface area contributed by atoms with E-state index in [1.54, 1.807) is 0 Å². The molecule has 0 amide bonds. The van der Waals surface area contributed by atoms with E-state index >= 15 is 0 Å². The van der Waals surface area contributed by atoms with Crippen molar-refractivity contribution in [1.82, 2.24) is 4.57 Å². The first kappa shape index (κ1) is 14.5. The summed E-state index contributed by atoms with van der Waals surface area (Å²) < 4.78 is 4.36. The number of unbranched alkanes of at least 4 members (excludes halogenated alkanes) is 5. The fourth-order valence-corrected chi connectivity index (χ4v) is 1.71. The molecule has 3 heteroatoms. The maximum Gasteiger partial charge on any atom is 0.243 e. The van der Waals surface area contributed by atoms with Crippen molar-refractivity contribution in [2.75, 3.05) is 0 Å². The molecule has 0 fully saturated rings. The maximum atomic E-state index is 2.26. The first-order chi connectivity index (χ1) is 6.83. The van der Waals surface area contributed by atoms with Crippen LogP contribution in [0.15, 0.2) is 18.7 Å². The summed E-state index contributed by atoms with van der Waals surface area (Å²) in [6.45, 7) is 3.44. The van der Waals surface area contributed by atoms with Crippen LogP contribution in [0, 0.1) is 12.4 Å². The van der Waals surface area contributed by atoms with Gasteiger partial charge in [-0.05, 0) is 12.8 Å². The van der Waals surface area contributed by atoms with E-state index in [1.807, 2.05) is 0 Å². The van der Waals surface area contributed by atoms with Gasteiger partial charge in [-0.25, -0.2) is 9.13 Å². The SMILES string of the molecule is CCCCCCCCn1cc[n+](C)c1.[ClH2+]. The molecule has 0 aliphatic rings. The van der Waals surface area contributed by atoms with Crippen LogP contribution in [0.3, 0.4) is 0 Å². The van der Waals surface area contributed by atoms with Gasteiger partial charge in [0, 0.05) is 0 Å². The Balaban J connectivity index is 0.00000196. The molecule has 0 aliphatic carbocycles. The van der Waals surface area contributed by atoms with Crippen LogP contribution in [0.2, 0.25) is 0 Å². The van der Waals surface area contributed by atoms with Crippen molar-refractivity contribution in [3.8, 4) is 0 Å². The molecule has 0 spiro atoms. The van der Waals surface area contributed by atoms with Gasteiger partial charge in [-0.1, -0.05) is 32.6 Å². The largest absolute Gasteiger partial charge is 0.243 e. The van der Waals surface area contributed by atoms with Crippen LogP contribution in [-0.4, -0.2) is 4.57 Å². The number of hydrogen-bond donors (Lipinski definition) is 0. The summed E-state index contributed by atoms with van der Waals surface area (Å²) in [5.74, 6) is 0. The minimum atomic E-state index is 0. The fraction of sp³-hybridized carbons (Fsp3) is 0.750. The number of nitrogens with zero attached hydrogens (tertiary/aromatic N) is 2. The third-order valence-electron chi connectivity index (χ3n) is 2.59. The smallest absolute Gasteiger partial charge is 0.240 e. The molecule has 1 aromatic heterocycles. The van der Waals surface area contributed by atoms with Crippen molar-refractivity contribution in [2.24, 2.45) is 7.05 Å². The number of imidazole rings is 1. The molecule has 88 valence electrons. The van der Waals surface area contributed by atoms with E-state index in [-0.39, 0.29) is 12.4 Å². The molecule has 1 rings (SSSR count). The van der Waals surface area contributed by atoms with Crippen molar-refractivity contribution < 1.29 is 17.0 Å². The van der Waals surface area contributed by atoms with Gasteiger partial charge < -0.3 is 0 Å². The Morgan fingerprint density at radius 1 is 1.07 bits per heavy atom. The first-order valence-electron chi connectivity index (χ1n) is 5.84. The highest BCUT2D eigenvalue weighted by Gasteiger charge is 1.98. The third kappa shape index (κ3) is 6.56. The zero-order valence-electron chi connectivity index (χ0n) is 10.0. The van der Waals surface area contributed by atoms with Gasteiger partial charge in [0.2, 0.25) is 6.33 Å². The second-order valence-electron chi connectivity index (χ2n) is 4.08. The summed E-state index contributed by atoms with van der Waals surface area (Å²) in [6.07, 6.45) is 14.6. The van der Waals surface area contributed by atoms with Gasteiger partial charge in [0.15, 0.2) is 0 Å². The summed E-state index contributed by atoms with van der Waals surface area (Å²) in [4.78, 5) is 0. The van der Waals surface area contributed by atoms with E-state index in [9.17, 15) is 0 Å². The fourth-order valence-electron chi connectivity index (χ4n) is 1.71. The van der Waals surface area contributed by atoms with E-state index in [4.69, 9.17) is 0 Å². The zero-order valence-corrected chi connectivity index (χ0v) is 10.9. The Morgan fingerprint density at radius 3 is 2.33 bits per heavy atom. The van der Waals surface area contributed by atoms with Crippen LogP contribution in [0.5, 0.6) is 0 Å². The molecule has 1 aromatic rings. The summed E-state index contributed by atoms with van der Waals surface area (Å²) in [6, 6.07) is 0. The van der Waals surface area contributed by atoms with E-state index in [1.165, 1.54) is 45.1 Å². The van der Waals surface area contributed by atoms with Crippen LogP contribution in [0.25, 0.3) is 0 Å². The lowest BCUT2D eigenvalue weighted by atomic mass is 10.1. The van der Waals surface area contributed by atoms with E-state index in [2.05, 4.69) is 41.8 Å². The summed E-state index contributed by atoms with van der Waals surface area (Å²) in [7, 11) is 2.07. The Hall–Kier alpha value is -0.500. The molecule has 0 N–H and O–H groups in total. The lowest BCUT2D eigenvalue weighted by Crippen LogP contribution is -2.23. The number of hydrogen-bond acceptors (Lipinski definition) is 0. The predicted octanol–water partition coefficient (Wildman–Crippen LogP) is 2.14. The highest BCUT2D eigenvalue weighted by atomic mass is 35.5. The summed E-state index contributed by atoms with van der Waals surface area (Å²) >= 11 is 0. The van der Waals surface area contributed by atoms with Crippen molar-refractivity contribution in [2.45, 2.75) is 52.0 Å². The molecule has 0 aliphatic heterocycles.